The molecule has 2 aromatic heterocycles. The minimum atomic E-state index is -4.77. The van der Waals surface area contributed by atoms with Gasteiger partial charge in [0.25, 0.3) is 11.1 Å². The molecule has 2 heterocycles. The molecule has 142 valence electrons. The molecule has 0 fully saturated rings. The van der Waals surface area contributed by atoms with Crippen molar-refractivity contribution < 1.29 is 27.1 Å². The van der Waals surface area contributed by atoms with Gasteiger partial charge in [-0.05, 0) is 36.4 Å². The monoisotopic (exact) mass is 435 g/mol. The number of carbonyl (C=O) groups excluding carboxylic acids is 1. The van der Waals surface area contributed by atoms with Crippen LogP contribution in [0.2, 0.25) is 4.34 Å². The zero-order chi connectivity index (χ0) is 19.4. The van der Waals surface area contributed by atoms with Crippen LogP contribution in [-0.4, -0.2) is 28.2 Å². The minimum Gasteiger partial charge on any atom is -0.410 e. The standard InChI is InChI=1S/C15H9ClF3N3O3S2/c16-11-6-5-10(27-11)13-21-22-14(24-13)26-7-12(23)20-8-1-3-9(4-2-8)25-15(17,18)19/h1-6H,7H2,(H,20,23). The van der Waals surface area contributed by atoms with Crippen LogP contribution in [0.4, 0.5) is 18.9 Å². The molecule has 6 nitrogen and oxygen atoms in total. The summed E-state index contributed by atoms with van der Waals surface area (Å²) < 4.78 is 46.1. The Hall–Kier alpha value is -2.24. The summed E-state index contributed by atoms with van der Waals surface area (Å²) in [7, 11) is 0. The lowest BCUT2D eigenvalue weighted by atomic mass is 10.3. The first kappa shape index (κ1) is 19.5. The average Bonchev–Trinajstić information content (AvgIpc) is 3.22. The number of alkyl halides is 3. The van der Waals surface area contributed by atoms with E-state index in [1.54, 1.807) is 12.1 Å². The third-order valence-corrected chi connectivity index (χ3v) is 4.93. The van der Waals surface area contributed by atoms with Gasteiger partial charge in [-0.15, -0.1) is 34.7 Å². The van der Waals surface area contributed by atoms with Crippen molar-refractivity contribution >= 4 is 46.3 Å². The Morgan fingerprint density at radius 1 is 1.22 bits per heavy atom. The fourth-order valence-corrected chi connectivity index (χ4v) is 3.39. The molecular formula is C15H9ClF3N3O3S2. The van der Waals surface area contributed by atoms with Crippen LogP contribution < -0.4 is 10.1 Å². The van der Waals surface area contributed by atoms with Gasteiger partial charge in [-0.2, -0.15) is 0 Å². The number of aromatic nitrogens is 2. The van der Waals surface area contributed by atoms with Gasteiger partial charge in [-0.3, -0.25) is 4.79 Å². The van der Waals surface area contributed by atoms with Gasteiger partial charge in [0.2, 0.25) is 5.91 Å². The van der Waals surface area contributed by atoms with Crippen LogP contribution in [0.5, 0.6) is 5.75 Å². The highest BCUT2D eigenvalue weighted by atomic mass is 35.5. The van der Waals surface area contributed by atoms with E-state index in [9.17, 15) is 18.0 Å². The molecule has 0 spiro atoms. The highest BCUT2D eigenvalue weighted by Gasteiger charge is 2.30. The topological polar surface area (TPSA) is 77.2 Å². The molecular weight excluding hydrogens is 427 g/mol. The predicted molar refractivity (Wildman–Crippen MR) is 95.1 cm³/mol. The van der Waals surface area contributed by atoms with Crippen molar-refractivity contribution in [3.63, 3.8) is 0 Å². The largest absolute Gasteiger partial charge is 0.573 e. The van der Waals surface area contributed by atoms with E-state index in [0.717, 1.165) is 23.9 Å². The maximum absolute atomic E-state index is 12.1. The SMILES string of the molecule is O=C(CSc1nnc(-c2ccc(Cl)s2)o1)Nc1ccc(OC(F)(F)F)cc1. The first-order valence-electron chi connectivity index (χ1n) is 7.16. The summed E-state index contributed by atoms with van der Waals surface area (Å²) in [5, 5.41) is 10.5. The van der Waals surface area contributed by atoms with Gasteiger partial charge in [-0.25, -0.2) is 0 Å². The predicted octanol–water partition coefficient (Wildman–Crippen LogP) is 5.08. The Morgan fingerprint density at radius 3 is 2.59 bits per heavy atom. The number of nitrogens with one attached hydrogen (secondary N) is 1. The molecule has 1 aromatic carbocycles. The summed E-state index contributed by atoms with van der Waals surface area (Å²) in [6, 6.07) is 8.26. The van der Waals surface area contributed by atoms with Crippen LogP contribution in [0.15, 0.2) is 46.0 Å². The van der Waals surface area contributed by atoms with Crippen molar-refractivity contribution in [2.75, 3.05) is 11.1 Å². The maximum Gasteiger partial charge on any atom is 0.573 e. The third-order valence-electron chi connectivity index (χ3n) is 2.89. The molecule has 0 aliphatic rings. The molecule has 0 bridgehead atoms. The number of carbonyl (C=O) groups is 1. The number of thiophene rings is 1. The smallest absolute Gasteiger partial charge is 0.410 e. The second kappa shape index (κ2) is 8.19. The van der Waals surface area contributed by atoms with Gasteiger partial charge < -0.3 is 14.5 Å². The molecule has 0 aliphatic heterocycles. The van der Waals surface area contributed by atoms with E-state index in [2.05, 4.69) is 20.3 Å². The third kappa shape index (κ3) is 5.88. The Labute approximate surface area is 163 Å². The molecule has 27 heavy (non-hydrogen) atoms. The lowest BCUT2D eigenvalue weighted by Gasteiger charge is -2.09. The lowest BCUT2D eigenvalue weighted by Crippen LogP contribution is -2.17. The van der Waals surface area contributed by atoms with E-state index in [1.165, 1.54) is 23.5 Å². The van der Waals surface area contributed by atoms with Crippen LogP contribution in [-0.2, 0) is 4.79 Å². The van der Waals surface area contributed by atoms with E-state index >= 15 is 0 Å². The number of amides is 1. The summed E-state index contributed by atoms with van der Waals surface area (Å²) in [6.45, 7) is 0. The second-order valence-electron chi connectivity index (χ2n) is 4.89. The number of rotatable bonds is 6. The number of hydrogen-bond acceptors (Lipinski definition) is 7. The lowest BCUT2D eigenvalue weighted by molar-refractivity contribution is -0.274. The van der Waals surface area contributed by atoms with E-state index in [4.69, 9.17) is 16.0 Å². The van der Waals surface area contributed by atoms with Gasteiger partial charge >= 0.3 is 6.36 Å². The van der Waals surface area contributed by atoms with Crippen molar-refractivity contribution in [1.82, 2.24) is 10.2 Å². The van der Waals surface area contributed by atoms with Crippen LogP contribution in [0.25, 0.3) is 10.8 Å². The van der Waals surface area contributed by atoms with Gasteiger partial charge in [0.05, 0.1) is 15.0 Å². The van der Waals surface area contributed by atoms with E-state index in [-0.39, 0.29) is 22.6 Å². The van der Waals surface area contributed by atoms with Crippen molar-refractivity contribution in [3.05, 3.63) is 40.7 Å². The summed E-state index contributed by atoms with van der Waals surface area (Å²) >= 11 is 8.16. The molecule has 1 N–H and O–H groups in total. The second-order valence-corrected chi connectivity index (χ2v) is 7.53. The molecule has 12 heteroatoms. The molecule has 0 atom stereocenters. The number of benzene rings is 1. The van der Waals surface area contributed by atoms with E-state index in [1.807, 2.05) is 0 Å². The number of anilines is 1. The Kier molecular flexibility index (Phi) is 5.92. The van der Waals surface area contributed by atoms with Crippen LogP contribution in [0.1, 0.15) is 0 Å². The Bertz CT molecular complexity index is 928. The maximum atomic E-state index is 12.1. The summed E-state index contributed by atoms with van der Waals surface area (Å²) in [5.41, 5.74) is 0.328. The van der Waals surface area contributed by atoms with Crippen LogP contribution in [0, 0.1) is 0 Å². The highest BCUT2D eigenvalue weighted by Crippen LogP contribution is 2.31. The normalized spacial score (nSPS) is 11.4. The molecule has 3 aromatic rings. The van der Waals surface area contributed by atoms with E-state index < -0.39 is 6.36 Å². The molecule has 0 unspecified atom stereocenters. The number of thioether (sulfide) groups is 1. The summed E-state index contributed by atoms with van der Waals surface area (Å²) in [5.74, 6) is -0.478. The van der Waals surface area contributed by atoms with Crippen molar-refractivity contribution in [2.24, 2.45) is 0 Å². The molecule has 0 saturated heterocycles. The van der Waals surface area contributed by atoms with Crippen LogP contribution >= 0.6 is 34.7 Å². The number of halogens is 4. The molecule has 0 aliphatic carbocycles. The zero-order valence-electron chi connectivity index (χ0n) is 13.1. The van der Waals surface area contributed by atoms with Gasteiger partial charge in [-0.1, -0.05) is 23.4 Å². The Morgan fingerprint density at radius 2 is 1.96 bits per heavy atom. The number of hydrogen-bond donors (Lipinski definition) is 1. The first-order chi connectivity index (χ1) is 12.8. The molecule has 3 rings (SSSR count). The summed E-state index contributed by atoms with van der Waals surface area (Å²) in [6.07, 6.45) is -4.77. The number of ether oxygens (including phenoxy) is 1. The molecule has 0 saturated carbocycles. The molecule has 1 amide bonds. The Balaban J connectivity index is 1.50. The van der Waals surface area contributed by atoms with Gasteiger partial charge in [0.1, 0.15) is 5.75 Å². The van der Waals surface area contributed by atoms with Crippen molar-refractivity contribution in [3.8, 4) is 16.5 Å². The average molecular weight is 436 g/mol. The van der Waals surface area contributed by atoms with Crippen molar-refractivity contribution in [2.45, 2.75) is 11.6 Å². The first-order valence-corrected chi connectivity index (χ1v) is 9.34. The number of nitrogens with zero attached hydrogens (tertiary/aromatic N) is 2. The fourth-order valence-electron chi connectivity index (χ4n) is 1.86. The quantitative estimate of drug-likeness (QED) is 0.544. The zero-order valence-corrected chi connectivity index (χ0v) is 15.5. The van der Waals surface area contributed by atoms with Gasteiger partial charge in [0, 0.05) is 5.69 Å². The fraction of sp³-hybridized carbons (Fsp3) is 0.133. The van der Waals surface area contributed by atoms with E-state index in [0.29, 0.717) is 20.8 Å². The summed E-state index contributed by atoms with van der Waals surface area (Å²) in [4.78, 5) is 12.6. The highest BCUT2D eigenvalue weighted by molar-refractivity contribution is 7.99. The minimum absolute atomic E-state index is 0.0202. The van der Waals surface area contributed by atoms with Crippen LogP contribution in [0.3, 0.4) is 0 Å². The van der Waals surface area contributed by atoms with Gasteiger partial charge in [0.15, 0.2) is 0 Å². The molecule has 0 radical (unpaired) electrons. The van der Waals surface area contributed by atoms with Crippen molar-refractivity contribution in [1.29, 1.82) is 0 Å².